The van der Waals surface area contributed by atoms with Gasteiger partial charge in [-0.2, -0.15) is 0 Å². The van der Waals surface area contributed by atoms with Crippen molar-refractivity contribution in [2.45, 2.75) is 6.54 Å². The van der Waals surface area contributed by atoms with Crippen LogP contribution in [0, 0.1) is 5.82 Å². The SMILES string of the molecule is O=C(COc1ccccc1F)Nc1ccccc1C(=O)NCc1ccccc1. The van der Waals surface area contributed by atoms with Gasteiger partial charge in [-0.1, -0.05) is 54.6 Å². The van der Waals surface area contributed by atoms with Gasteiger partial charge in [0.25, 0.3) is 11.8 Å². The van der Waals surface area contributed by atoms with Crippen LogP contribution >= 0.6 is 0 Å². The Morgan fingerprint density at radius 2 is 1.54 bits per heavy atom. The van der Waals surface area contributed by atoms with Crippen LogP contribution in [0.3, 0.4) is 0 Å². The molecule has 0 saturated carbocycles. The lowest BCUT2D eigenvalue weighted by Crippen LogP contribution is -2.26. The van der Waals surface area contributed by atoms with Crippen LogP contribution in [0.4, 0.5) is 10.1 Å². The predicted octanol–water partition coefficient (Wildman–Crippen LogP) is 3.77. The summed E-state index contributed by atoms with van der Waals surface area (Å²) in [7, 11) is 0. The van der Waals surface area contributed by atoms with Crippen molar-refractivity contribution in [1.82, 2.24) is 5.32 Å². The summed E-state index contributed by atoms with van der Waals surface area (Å²) >= 11 is 0. The standard InChI is InChI=1S/C22H19FN2O3/c23-18-11-5-7-13-20(18)28-15-21(26)25-19-12-6-4-10-17(19)22(27)24-14-16-8-2-1-3-9-16/h1-13H,14-15H2,(H,24,27)(H,25,26). The monoisotopic (exact) mass is 378 g/mol. The third-order valence-electron chi connectivity index (χ3n) is 3.94. The van der Waals surface area contributed by atoms with E-state index in [1.807, 2.05) is 30.3 Å². The summed E-state index contributed by atoms with van der Waals surface area (Å²) in [5.41, 5.74) is 1.66. The van der Waals surface area contributed by atoms with Crippen LogP contribution in [0.2, 0.25) is 0 Å². The predicted molar refractivity (Wildman–Crippen MR) is 105 cm³/mol. The molecular weight excluding hydrogens is 359 g/mol. The molecule has 3 rings (SSSR count). The van der Waals surface area contributed by atoms with Gasteiger partial charge in [-0.25, -0.2) is 4.39 Å². The maximum Gasteiger partial charge on any atom is 0.262 e. The number of para-hydroxylation sites is 2. The lowest BCUT2D eigenvalue weighted by molar-refractivity contribution is -0.118. The first-order chi connectivity index (χ1) is 13.6. The molecule has 0 saturated heterocycles. The highest BCUT2D eigenvalue weighted by Gasteiger charge is 2.14. The van der Waals surface area contributed by atoms with Gasteiger partial charge < -0.3 is 15.4 Å². The molecule has 0 aromatic heterocycles. The van der Waals surface area contributed by atoms with Crippen LogP contribution < -0.4 is 15.4 Å². The lowest BCUT2D eigenvalue weighted by Gasteiger charge is -2.12. The van der Waals surface area contributed by atoms with E-state index in [9.17, 15) is 14.0 Å². The molecule has 0 heterocycles. The van der Waals surface area contributed by atoms with Crippen LogP contribution in [0.1, 0.15) is 15.9 Å². The van der Waals surface area contributed by atoms with Crippen molar-refractivity contribution in [2.75, 3.05) is 11.9 Å². The summed E-state index contributed by atoms with van der Waals surface area (Å²) in [5.74, 6) is -1.36. The number of benzene rings is 3. The van der Waals surface area contributed by atoms with Crippen LogP contribution in [0.5, 0.6) is 5.75 Å². The van der Waals surface area contributed by atoms with Crippen molar-refractivity contribution in [3.05, 3.63) is 95.8 Å². The molecule has 28 heavy (non-hydrogen) atoms. The molecular formula is C22H19FN2O3. The van der Waals surface area contributed by atoms with E-state index in [0.29, 0.717) is 17.8 Å². The van der Waals surface area contributed by atoms with Crippen molar-refractivity contribution in [3.63, 3.8) is 0 Å². The molecule has 5 nitrogen and oxygen atoms in total. The third-order valence-corrected chi connectivity index (χ3v) is 3.94. The summed E-state index contributed by atoms with van der Waals surface area (Å²) < 4.78 is 18.7. The van der Waals surface area contributed by atoms with Gasteiger partial charge in [-0.15, -0.1) is 0 Å². The quantitative estimate of drug-likeness (QED) is 0.658. The molecule has 3 aromatic carbocycles. The first kappa shape index (κ1) is 19.1. The van der Waals surface area contributed by atoms with Gasteiger partial charge in [0.05, 0.1) is 11.3 Å². The molecule has 0 spiro atoms. The van der Waals surface area contributed by atoms with E-state index >= 15 is 0 Å². The van der Waals surface area contributed by atoms with E-state index in [2.05, 4.69) is 10.6 Å². The summed E-state index contributed by atoms with van der Waals surface area (Å²) in [6.45, 7) is -0.000743. The fraction of sp³-hybridized carbons (Fsp3) is 0.0909. The van der Waals surface area contributed by atoms with Crippen molar-refractivity contribution in [3.8, 4) is 5.75 Å². The zero-order valence-corrected chi connectivity index (χ0v) is 15.0. The van der Waals surface area contributed by atoms with E-state index in [4.69, 9.17) is 4.74 Å². The molecule has 0 atom stereocenters. The number of rotatable bonds is 7. The fourth-order valence-electron chi connectivity index (χ4n) is 2.55. The van der Waals surface area contributed by atoms with Crippen LogP contribution in [-0.2, 0) is 11.3 Å². The second-order valence-electron chi connectivity index (χ2n) is 5.98. The van der Waals surface area contributed by atoms with Gasteiger partial charge in [0.15, 0.2) is 18.2 Å². The number of halogens is 1. The Labute approximate surface area is 162 Å². The van der Waals surface area contributed by atoms with E-state index in [1.54, 1.807) is 30.3 Å². The molecule has 142 valence electrons. The topological polar surface area (TPSA) is 67.4 Å². The maximum absolute atomic E-state index is 13.6. The highest BCUT2D eigenvalue weighted by atomic mass is 19.1. The molecule has 0 fully saturated rings. The summed E-state index contributed by atoms with van der Waals surface area (Å²) in [4.78, 5) is 24.7. The molecule has 0 aliphatic carbocycles. The Kier molecular flexibility index (Phi) is 6.36. The Bertz CT molecular complexity index is 961. The van der Waals surface area contributed by atoms with E-state index in [-0.39, 0.29) is 18.3 Å². The zero-order valence-electron chi connectivity index (χ0n) is 15.0. The van der Waals surface area contributed by atoms with Gasteiger partial charge in [0.1, 0.15) is 0 Å². The molecule has 0 bridgehead atoms. The number of anilines is 1. The minimum atomic E-state index is -0.545. The maximum atomic E-state index is 13.6. The summed E-state index contributed by atoms with van der Waals surface area (Å²) in [6.07, 6.45) is 0. The summed E-state index contributed by atoms with van der Waals surface area (Å²) in [5, 5.41) is 5.46. The molecule has 0 aliphatic heterocycles. The van der Waals surface area contributed by atoms with Gasteiger partial charge in [-0.3, -0.25) is 9.59 Å². The molecule has 0 aliphatic rings. The number of carbonyl (C=O) groups excluding carboxylic acids is 2. The summed E-state index contributed by atoms with van der Waals surface area (Å²) in [6, 6.07) is 22.0. The molecule has 0 unspecified atom stereocenters. The van der Waals surface area contributed by atoms with Crippen molar-refractivity contribution in [2.24, 2.45) is 0 Å². The molecule has 2 N–H and O–H groups in total. The van der Waals surface area contributed by atoms with Crippen LogP contribution in [-0.4, -0.2) is 18.4 Å². The van der Waals surface area contributed by atoms with Crippen LogP contribution in [0.25, 0.3) is 0 Å². The lowest BCUT2D eigenvalue weighted by atomic mass is 10.1. The third kappa shape index (κ3) is 5.17. The highest BCUT2D eigenvalue weighted by Crippen LogP contribution is 2.17. The Morgan fingerprint density at radius 1 is 0.857 bits per heavy atom. The van der Waals surface area contributed by atoms with E-state index < -0.39 is 11.7 Å². The molecule has 0 radical (unpaired) electrons. The first-order valence-corrected chi connectivity index (χ1v) is 8.72. The van der Waals surface area contributed by atoms with Crippen molar-refractivity contribution in [1.29, 1.82) is 0 Å². The van der Waals surface area contributed by atoms with Crippen molar-refractivity contribution < 1.29 is 18.7 Å². The Morgan fingerprint density at radius 3 is 2.32 bits per heavy atom. The van der Waals surface area contributed by atoms with Crippen LogP contribution in [0.15, 0.2) is 78.9 Å². The Balaban J connectivity index is 1.60. The smallest absolute Gasteiger partial charge is 0.262 e. The Hall–Kier alpha value is -3.67. The van der Waals surface area contributed by atoms with Gasteiger partial charge in [0, 0.05) is 6.54 Å². The minimum Gasteiger partial charge on any atom is -0.481 e. The minimum absolute atomic E-state index is 0.00783. The number of carbonyl (C=O) groups is 2. The first-order valence-electron chi connectivity index (χ1n) is 8.72. The molecule has 2 amide bonds. The van der Waals surface area contributed by atoms with Gasteiger partial charge >= 0.3 is 0 Å². The fourth-order valence-corrected chi connectivity index (χ4v) is 2.55. The van der Waals surface area contributed by atoms with E-state index in [0.717, 1.165) is 5.56 Å². The molecule has 3 aromatic rings. The van der Waals surface area contributed by atoms with Gasteiger partial charge in [0.2, 0.25) is 0 Å². The average molecular weight is 378 g/mol. The second kappa shape index (κ2) is 9.32. The van der Waals surface area contributed by atoms with Crippen molar-refractivity contribution >= 4 is 17.5 Å². The largest absolute Gasteiger partial charge is 0.481 e. The number of hydrogen-bond acceptors (Lipinski definition) is 3. The zero-order chi connectivity index (χ0) is 19.8. The number of amides is 2. The number of hydrogen-bond donors (Lipinski definition) is 2. The normalized spacial score (nSPS) is 10.2. The highest BCUT2D eigenvalue weighted by molar-refractivity contribution is 6.04. The van der Waals surface area contributed by atoms with E-state index in [1.165, 1.54) is 18.2 Å². The van der Waals surface area contributed by atoms with Gasteiger partial charge in [-0.05, 0) is 29.8 Å². The second-order valence-corrected chi connectivity index (χ2v) is 5.98. The number of ether oxygens (including phenoxy) is 1. The average Bonchev–Trinajstić information content (AvgIpc) is 2.72. The number of nitrogens with one attached hydrogen (secondary N) is 2. The molecule has 6 heteroatoms.